The Hall–Kier alpha value is -2.05. The summed E-state index contributed by atoms with van der Waals surface area (Å²) in [6.45, 7) is 0.978. The molecule has 1 aromatic carbocycles. The summed E-state index contributed by atoms with van der Waals surface area (Å²) in [5.74, 6) is -2.17. The van der Waals surface area contributed by atoms with Gasteiger partial charge in [-0.3, -0.25) is 4.79 Å². The smallest absolute Gasteiger partial charge is 0.422 e. The fourth-order valence-corrected chi connectivity index (χ4v) is 2.10. The van der Waals surface area contributed by atoms with Crippen molar-refractivity contribution in [2.75, 3.05) is 19.7 Å². The van der Waals surface area contributed by atoms with Crippen molar-refractivity contribution in [1.29, 1.82) is 0 Å². The number of piperidine rings is 1. The topological polar surface area (TPSA) is 46.6 Å². The molecular weight excluding hydrogens is 311 g/mol. The summed E-state index contributed by atoms with van der Waals surface area (Å²) < 4.78 is 39.2. The third-order valence-corrected chi connectivity index (χ3v) is 3.15. The Morgan fingerprint density at radius 2 is 1.65 bits per heavy atom. The molecule has 2 rings (SSSR count). The van der Waals surface area contributed by atoms with Gasteiger partial charge >= 0.3 is 18.1 Å². The van der Waals surface area contributed by atoms with E-state index < -0.39 is 24.7 Å². The maximum absolute atomic E-state index is 11.8. The molecule has 1 heterocycles. The summed E-state index contributed by atoms with van der Waals surface area (Å²) >= 11 is 0. The number of carbonyl (C=O) groups is 2. The lowest BCUT2D eigenvalue weighted by atomic mass is 10.0. The molecule has 0 aliphatic carbocycles. The van der Waals surface area contributed by atoms with Crippen LogP contribution in [0.4, 0.5) is 13.2 Å². The van der Waals surface area contributed by atoms with Gasteiger partial charge in [-0.05, 0) is 18.8 Å². The number of halogens is 3. The summed E-state index contributed by atoms with van der Waals surface area (Å²) in [5.41, 5.74) is 0. The molecule has 1 fully saturated rings. The molecule has 1 atom stereocenters. The number of hydrogen-bond acceptors (Lipinski definition) is 3. The zero-order valence-corrected chi connectivity index (χ0v) is 12.9. The van der Waals surface area contributed by atoms with Gasteiger partial charge in [0, 0.05) is 13.1 Å². The van der Waals surface area contributed by atoms with E-state index in [4.69, 9.17) is 0 Å². The molecule has 1 aromatic rings. The van der Waals surface area contributed by atoms with Crippen molar-refractivity contribution in [1.82, 2.24) is 4.90 Å². The zero-order chi connectivity index (χ0) is 17.3. The number of carbonyl (C=O) groups excluding carboxylic acids is 2. The van der Waals surface area contributed by atoms with E-state index in [0.29, 0.717) is 13.1 Å². The van der Waals surface area contributed by atoms with E-state index in [1.807, 2.05) is 43.3 Å². The van der Waals surface area contributed by atoms with E-state index in [-0.39, 0.29) is 5.92 Å². The average molecular weight is 331 g/mol. The standard InChI is InChI=1S/C10H14F3NO3.C6H6/c1-7-3-2-4-14(5-7)8(15)9(16)17-6-10(11,12)13;1-2-4-6-5-3-1/h7H,2-6H2,1H3;1-6H. The van der Waals surface area contributed by atoms with E-state index in [2.05, 4.69) is 4.74 Å². The number of amides is 1. The first-order chi connectivity index (χ1) is 10.8. The second kappa shape index (κ2) is 9.17. The van der Waals surface area contributed by atoms with Gasteiger partial charge in [0.2, 0.25) is 0 Å². The van der Waals surface area contributed by atoms with Crippen LogP contribution >= 0.6 is 0 Å². The van der Waals surface area contributed by atoms with E-state index >= 15 is 0 Å². The number of hydrogen-bond donors (Lipinski definition) is 0. The predicted octanol–water partition coefficient (Wildman–Crippen LogP) is 3.04. The second-order valence-corrected chi connectivity index (χ2v) is 5.34. The minimum Gasteiger partial charge on any atom is -0.449 e. The van der Waals surface area contributed by atoms with Crippen LogP contribution in [-0.2, 0) is 14.3 Å². The van der Waals surface area contributed by atoms with Crippen LogP contribution < -0.4 is 0 Å². The van der Waals surface area contributed by atoms with Crippen LogP contribution in [0.3, 0.4) is 0 Å². The fourth-order valence-electron chi connectivity index (χ4n) is 2.10. The Labute approximate surface area is 133 Å². The van der Waals surface area contributed by atoms with Gasteiger partial charge in [0.25, 0.3) is 0 Å². The molecule has 0 N–H and O–H groups in total. The third kappa shape index (κ3) is 8.23. The lowest BCUT2D eigenvalue weighted by Gasteiger charge is -2.29. The molecule has 1 saturated heterocycles. The Morgan fingerprint density at radius 3 is 2.09 bits per heavy atom. The Balaban J connectivity index is 0.000000366. The first-order valence-electron chi connectivity index (χ1n) is 7.32. The molecule has 0 radical (unpaired) electrons. The molecule has 0 spiro atoms. The number of alkyl halides is 3. The van der Waals surface area contributed by atoms with Crippen LogP contribution in [0.1, 0.15) is 19.8 Å². The number of nitrogens with zero attached hydrogens (tertiary/aromatic N) is 1. The lowest BCUT2D eigenvalue weighted by Crippen LogP contribution is -2.44. The summed E-state index contributed by atoms with van der Waals surface area (Å²) in [5, 5.41) is 0. The molecule has 1 aliphatic rings. The van der Waals surface area contributed by atoms with Gasteiger partial charge in [-0.1, -0.05) is 43.3 Å². The van der Waals surface area contributed by atoms with Gasteiger partial charge in [-0.25, -0.2) is 4.79 Å². The van der Waals surface area contributed by atoms with Crippen molar-refractivity contribution in [2.45, 2.75) is 25.9 Å². The van der Waals surface area contributed by atoms with E-state index in [1.54, 1.807) is 0 Å². The average Bonchev–Trinajstić information content (AvgIpc) is 2.53. The number of benzene rings is 1. The summed E-state index contributed by atoms with van der Waals surface area (Å²) in [7, 11) is 0. The molecule has 4 nitrogen and oxygen atoms in total. The first kappa shape index (κ1) is 19.0. The van der Waals surface area contributed by atoms with Gasteiger partial charge in [0.15, 0.2) is 6.61 Å². The highest BCUT2D eigenvalue weighted by atomic mass is 19.4. The van der Waals surface area contributed by atoms with Crippen LogP contribution in [0.25, 0.3) is 0 Å². The number of likely N-dealkylation sites (tertiary alicyclic amines) is 1. The van der Waals surface area contributed by atoms with Crippen molar-refractivity contribution >= 4 is 11.9 Å². The van der Waals surface area contributed by atoms with E-state index in [0.717, 1.165) is 12.8 Å². The third-order valence-electron chi connectivity index (χ3n) is 3.15. The lowest BCUT2D eigenvalue weighted by molar-refractivity contribution is -0.189. The fraction of sp³-hybridized carbons (Fsp3) is 0.500. The number of rotatable bonds is 1. The molecule has 0 saturated carbocycles. The minimum absolute atomic E-state index is 0.253. The maximum atomic E-state index is 11.8. The quantitative estimate of drug-likeness (QED) is 0.587. The summed E-state index contributed by atoms with van der Waals surface area (Å²) in [6, 6.07) is 12.0. The summed E-state index contributed by atoms with van der Waals surface area (Å²) in [4.78, 5) is 23.8. The zero-order valence-electron chi connectivity index (χ0n) is 12.9. The normalized spacial score (nSPS) is 17.7. The second-order valence-electron chi connectivity index (χ2n) is 5.34. The van der Waals surface area contributed by atoms with Crippen molar-refractivity contribution < 1.29 is 27.5 Å². The molecule has 0 bridgehead atoms. The largest absolute Gasteiger partial charge is 0.449 e. The number of esters is 1. The molecule has 7 heteroatoms. The summed E-state index contributed by atoms with van der Waals surface area (Å²) in [6.07, 6.45) is -2.91. The van der Waals surface area contributed by atoms with E-state index in [1.165, 1.54) is 4.90 Å². The highest BCUT2D eigenvalue weighted by Crippen LogP contribution is 2.17. The van der Waals surface area contributed by atoms with Crippen LogP contribution in [0.5, 0.6) is 0 Å². The monoisotopic (exact) mass is 331 g/mol. The van der Waals surface area contributed by atoms with Crippen molar-refractivity contribution in [3.8, 4) is 0 Å². The van der Waals surface area contributed by atoms with Gasteiger partial charge in [0.1, 0.15) is 0 Å². The molecule has 128 valence electrons. The highest BCUT2D eigenvalue weighted by molar-refractivity contribution is 6.32. The van der Waals surface area contributed by atoms with Gasteiger partial charge in [-0.2, -0.15) is 13.2 Å². The van der Waals surface area contributed by atoms with Gasteiger partial charge in [-0.15, -0.1) is 0 Å². The Bertz CT molecular complexity index is 464. The van der Waals surface area contributed by atoms with E-state index in [9.17, 15) is 22.8 Å². The molecule has 1 amide bonds. The van der Waals surface area contributed by atoms with Crippen molar-refractivity contribution in [2.24, 2.45) is 5.92 Å². The molecular formula is C16H20F3NO3. The van der Waals surface area contributed by atoms with Crippen molar-refractivity contribution in [3.05, 3.63) is 36.4 Å². The van der Waals surface area contributed by atoms with Crippen LogP contribution in [0.15, 0.2) is 36.4 Å². The van der Waals surface area contributed by atoms with Gasteiger partial charge < -0.3 is 9.64 Å². The molecule has 23 heavy (non-hydrogen) atoms. The first-order valence-corrected chi connectivity index (χ1v) is 7.32. The Morgan fingerprint density at radius 1 is 1.13 bits per heavy atom. The predicted molar refractivity (Wildman–Crippen MR) is 78.4 cm³/mol. The minimum atomic E-state index is -4.61. The molecule has 0 aromatic heterocycles. The maximum Gasteiger partial charge on any atom is 0.422 e. The van der Waals surface area contributed by atoms with Crippen LogP contribution in [0, 0.1) is 5.92 Å². The molecule has 1 aliphatic heterocycles. The number of ether oxygens (including phenoxy) is 1. The SMILES string of the molecule is CC1CCCN(C(=O)C(=O)OCC(F)(F)F)C1.c1ccccc1. The Kier molecular flexibility index (Phi) is 7.57. The van der Waals surface area contributed by atoms with Crippen LogP contribution in [0.2, 0.25) is 0 Å². The van der Waals surface area contributed by atoms with Crippen molar-refractivity contribution in [3.63, 3.8) is 0 Å². The van der Waals surface area contributed by atoms with Gasteiger partial charge in [0.05, 0.1) is 0 Å². The molecule has 1 unspecified atom stereocenters. The van der Waals surface area contributed by atoms with Crippen LogP contribution in [-0.4, -0.2) is 42.6 Å². The highest BCUT2D eigenvalue weighted by Gasteiger charge is 2.33.